The monoisotopic (exact) mass is 263 g/mol. The molecule has 98 valence electrons. The van der Waals surface area contributed by atoms with Gasteiger partial charge in [0.2, 0.25) is 5.91 Å². The number of fused-ring (bicyclic) bond motifs is 2. The molecule has 3 nitrogen and oxygen atoms in total. The number of rotatable bonds is 2. The van der Waals surface area contributed by atoms with Crippen molar-refractivity contribution in [2.24, 2.45) is 0 Å². The lowest BCUT2D eigenvalue weighted by molar-refractivity contribution is -0.111. The third kappa shape index (κ3) is 2.03. The van der Waals surface area contributed by atoms with Gasteiger partial charge in [0.05, 0.1) is 0 Å². The number of ketones is 1. The molecule has 0 bridgehead atoms. The molecule has 1 amide bonds. The van der Waals surface area contributed by atoms with Crippen LogP contribution in [0.1, 0.15) is 27.0 Å². The number of carbonyl (C=O) groups is 2. The standard InChI is InChI=1S/C17H13NO2/c1-2-16(19)18-13-7-8-15-12(10-13)9-11-5-3-4-6-14(11)17(15)20/h2-8,10H,1,9H2,(H,18,19). The number of hydrogen-bond donors (Lipinski definition) is 1. The van der Waals surface area contributed by atoms with Crippen molar-refractivity contribution < 1.29 is 9.59 Å². The predicted molar refractivity (Wildman–Crippen MR) is 77.9 cm³/mol. The van der Waals surface area contributed by atoms with Crippen LogP contribution in [0.2, 0.25) is 0 Å². The molecule has 0 fully saturated rings. The third-order valence-electron chi connectivity index (χ3n) is 3.45. The number of anilines is 1. The number of hydrogen-bond acceptors (Lipinski definition) is 2. The molecule has 20 heavy (non-hydrogen) atoms. The first-order chi connectivity index (χ1) is 9.69. The van der Waals surface area contributed by atoms with Gasteiger partial charge in [-0.3, -0.25) is 9.59 Å². The first kappa shape index (κ1) is 12.4. The summed E-state index contributed by atoms with van der Waals surface area (Å²) < 4.78 is 0. The van der Waals surface area contributed by atoms with Crippen LogP contribution in [0.4, 0.5) is 5.69 Å². The average Bonchev–Trinajstić information content (AvgIpc) is 2.47. The van der Waals surface area contributed by atoms with Gasteiger partial charge in [0.15, 0.2) is 5.78 Å². The van der Waals surface area contributed by atoms with E-state index in [-0.39, 0.29) is 11.7 Å². The zero-order valence-corrected chi connectivity index (χ0v) is 10.8. The van der Waals surface area contributed by atoms with Crippen molar-refractivity contribution >= 4 is 17.4 Å². The van der Waals surface area contributed by atoms with Crippen LogP contribution in [0.25, 0.3) is 0 Å². The van der Waals surface area contributed by atoms with Crippen molar-refractivity contribution in [3.63, 3.8) is 0 Å². The van der Waals surface area contributed by atoms with Gasteiger partial charge in [-0.15, -0.1) is 0 Å². The van der Waals surface area contributed by atoms with Crippen molar-refractivity contribution in [1.29, 1.82) is 0 Å². The highest BCUT2D eigenvalue weighted by Crippen LogP contribution is 2.28. The molecule has 2 aromatic rings. The SMILES string of the molecule is C=CC(=O)Nc1ccc2c(c1)Cc1ccccc1C2=O. The summed E-state index contributed by atoms with van der Waals surface area (Å²) in [6.07, 6.45) is 1.93. The fraction of sp³-hybridized carbons (Fsp3) is 0.0588. The smallest absolute Gasteiger partial charge is 0.247 e. The van der Waals surface area contributed by atoms with E-state index in [9.17, 15) is 9.59 Å². The van der Waals surface area contributed by atoms with Crippen molar-refractivity contribution in [2.75, 3.05) is 5.32 Å². The predicted octanol–water partition coefficient (Wildman–Crippen LogP) is 2.95. The van der Waals surface area contributed by atoms with Crippen LogP contribution in [0.15, 0.2) is 55.1 Å². The van der Waals surface area contributed by atoms with Crippen LogP contribution in [0.3, 0.4) is 0 Å². The van der Waals surface area contributed by atoms with E-state index in [0.717, 1.165) is 16.7 Å². The molecule has 0 radical (unpaired) electrons. The molecule has 0 atom stereocenters. The summed E-state index contributed by atoms with van der Waals surface area (Å²) in [5.41, 5.74) is 4.12. The lowest BCUT2D eigenvalue weighted by Gasteiger charge is -2.19. The summed E-state index contributed by atoms with van der Waals surface area (Å²) in [6.45, 7) is 3.42. The first-order valence-electron chi connectivity index (χ1n) is 6.38. The molecule has 3 rings (SSSR count). The summed E-state index contributed by atoms with van der Waals surface area (Å²) in [7, 11) is 0. The van der Waals surface area contributed by atoms with Crippen LogP contribution in [0, 0.1) is 0 Å². The Kier molecular flexibility index (Phi) is 2.95. The highest BCUT2D eigenvalue weighted by atomic mass is 16.1. The lowest BCUT2D eigenvalue weighted by atomic mass is 9.85. The van der Waals surface area contributed by atoms with Crippen LogP contribution in [0.5, 0.6) is 0 Å². The Bertz CT molecular complexity index is 732. The molecule has 0 unspecified atom stereocenters. The van der Waals surface area contributed by atoms with Crippen molar-refractivity contribution in [3.05, 3.63) is 77.4 Å². The number of carbonyl (C=O) groups excluding carboxylic acids is 2. The molecule has 3 heteroatoms. The minimum Gasteiger partial charge on any atom is -0.323 e. The van der Waals surface area contributed by atoms with E-state index >= 15 is 0 Å². The largest absolute Gasteiger partial charge is 0.323 e. The van der Waals surface area contributed by atoms with Gasteiger partial charge in [-0.1, -0.05) is 30.8 Å². The number of benzene rings is 2. The van der Waals surface area contributed by atoms with E-state index in [1.807, 2.05) is 30.3 Å². The quantitative estimate of drug-likeness (QED) is 0.722. The second kappa shape index (κ2) is 4.78. The van der Waals surface area contributed by atoms with Crippen molar-refractivity contribution in [1.82, 2.24) is 0 Å². The fourth-order valence-corrected chi connectivity index (χ4v) is 2.48. The molecule has 1 aliphatic rings. The Hall–Kier alpha value is -2.68. The van der Waals surface area contributed by atoms with Gasteiger partial charge >= 0.3 is 0 Å². The molecule has 0 saturated heterocycles. The molecule has 0 aliphatic heterocycles. The van der Waals surface area contributed by atoms with Gasteiger partial charge < -0.3 is 5.32 Å². The molecule has 0 spiro atoms. The Morgan fingerprint density at radius 1 is 1.10 bits per heavy atom. The third-order valence-corrected chi connectivity index (χ3v) is 3.45. The van der Waals surface area contributed by atoms with Gasteiger partial charge in [0, 0.05) is 16.8 Å². The van der Waals surface area contributed by atoms with E-state index in [1.165, 1.54) is 6.08 Å². The van der Waals surface area contributed by atoms with Gasteiger partial charge in [-0.25, -0.2) is 0 Å². The molecular formula is C17H13NO2. The fourth-order valence-electron chi connectivity index (χ4n) is 2.48. The van der Waals surface area contributed by atoms with Gasteiger partial charge in [0.1, 0.15) is 0 Å². The summed E-state index contributed by atoms with van der Waals surface area (Å²) in [4.78, 5) is 23.7. The zero-order chi connectivity index (χ0) is 14.1. The number of nitrogens with one attached hydrogen (secondary N) is 1. The topological polar surface area (TPSA) is 46.2 Å². The van der Waals surface area contributed by atoms with E-state index in [4.69, 9.17) is 0 Å². The maximum Gasteiger partial charge on any atom is 0.247 e. The van der Waals surface area contributed by atoms with E-state index in [2.05, 4.69) is 11.9 Å². The zero-order valence-electron chi connectivity index (χ0n) is 10.8. The van der Waals surface area contributed by atoms with Crippen LogP contribution < -0.4 is 5.32 Å². The Balaban J connectivity index is 2.01. The number of amides is 1. The van der Waals surface area contributed by atoms with Gasteiger partial charge in [0.25, 0.3) is 0 Å². The normalized spacial score (nSPS) is 12.3. The minimum absolute atomic E-state index is 0.0449. The second-order valence-electron chi connectivity index (χ2n) is 4.73. The second-order valence-corrected chi connectivity index (χ2v) is 4.73. The Morgan fingerprint density at radius 3 is 2.65 bits per heavy atom. The highest BCUT2D eigenvalue weighted by molar-refractivity contribution is 6.12. The van der Waals surface area contributed by atoms with Crippen LogP contribution in [-0.2, 0) is 11.2 Å². The van der Waals surface area contributed by atoms with E-state index in [1.54, 1.807) is 12.1 Å². The van der Waals surface area contributed by atoms with E-state index in [0.29, 0.717) is 17.7 Å². The molecule has 0 saturated carbocycles. The molecule has 1 aliphatic carbocycles. The lowest BCUT2D eigenvalue weighted by Crippen LogP contribution is -2.16. The summed E-state index contributed by atoms with van der Waals surface area (Å²) in [6, 6.07) is 13.0. The molecular weight excluding hydrogens is 250 g/mol. The molecule has 1 N–H and O–H groups in total. The van der Waals surface area contributed by atoms with Gasteiger partial charge in [-0.2, -0.15) is 0 Å². The minimum atomic E-state index is -0.257. The Morgan fingerprint density at radius 2 is 1.85 bits per heavy atom. The van der Waals surface area contributed by atoms with Gasteiger partial charge in [-0.05, 0) is 41.8 Å². The average molecular weight is 263 g/mol. The van der Waals surface area contributed by atoms with Crippen molar-refractivity contribution in [3.8, 4) is 0 Å². The highest BCUT2D eigenvalue weighted by Gasteiger charge is 2.22. The van der Waals surface area contributed by atoms with E-state index < -0.39 is 0 Å². The first-order valence-corrected chi connectivity index (χ1v) is 6.38. The Labute approximate surface area is 116 Å². The maximum absolute atomic E-state index is 12.4. The molecule has 0 heterocycles. The maximum atomic E-state index is 12.4. The molecule has 2 aromatic carbocycles. The summed E-state index contributed by atoms with van der Waals surface area (Å²) in [5.74, 6) is -0.212. The summed E-state index contributed by atoms with van der Waals surface area (Å²) >= 11 is 0. The summed E-state index contributed by atoms with van der Waals surface area (Å²) in [5, 5.41) is 2.71. The van der Waals surface area contributed by atoms with Crippen molar-refractivity contribution in [2.45, 2.75) is 6.42 Å². The van der Waals surface area contributed by atoms with Crippen LogP contribution >= 0.6 is 0 Å². The molecule has 0 aromatic heterocycles. The van der Waals surface area contributed by atoms with Crippen LogP contribution in [-0.4, -0.2) is 11.7 Å².